The fourth-order valence-electron chi connectivity index (χ4n) is 2.88. The van der Waals surface area contributed by atoms with E-state index in [1.54, 1.807) is 19.2 Å². The summed E-state index contributed by atoms with van der Waals surface area (Å²) in [6, 6.07) is 12.9. The van der Waals surface area contributed by atoms with Crippen LogP contribution in [0.5, 0.6) is 11.5 Å². The number of nitrogens with zero attached hydrogens (tertiary/aromatic N) is 1. The number of rotatable bonds is 12. The van der Waals surface area contributed by atoms with E-state index >= 15 is 0 Å². The van der Waals surface area contributed by atoms with E-state index in [1.807, 2.05) is 31.3 Å². The van der Waals surface area contributed by atoms with Crippen molar-refractivity contribution >= 4 is 0 Å². The molecule has 0 aromatic heterocycles. The minimum absolute atomic E-state index is 0.170. The van der Waals surface area contributed by atoms with E-state index in [0.29, 0.717) is 49.2 Å². The van der Waals surface area contributed by atoms with Gasteiger partial charge in [-0.15, -0.1) is 0 Å². The molecule has 2 rings (SSSR count). The zero-order chi connectivity index (χ0) is 21.2. The molecule has 2 aromatic rings. The SMILES string of the molecule is COc1ccc(CNCCc2ccccc2F)cc1OC[C@H](O)CN(C)C(C)C. The lowest BCUT2D eigenvalue weighted by molar-refractivity contribution is 0.0668. The molecule has 160 valence electrons. The van der Waals surface area contributed by atoms with E-state index < -0.39 is 6.10 Å². The third-order valence-electron chi connectivity index (χ3n) is 4.90. The van der Waals surface area contributed by atoms with Crippen LogP contribution in [0.15, 0.2) is 42.5 Å². The Hall–Kier alpha value is -2.15. The van der Waals surface area contributed by atoms with Gasteiger partial charge in [0, 0.05) is 19.1 Å². The second-order valence-corrected chi connectivity index (χ2v) is 7.50. The van der Waals surface area contributed by atoms with Crippen LogP contribution in [0.25, 0.3) is 0 Å². The van der Waals surface area contributed by atoms with Gasteiger partial charge in [0.25, 0.3) is 0 Å². The van der Waals surface area contributed by atoms with E-state index in [9.17, 15) is 9.50 Å². The smallest absolute Gasteiger partial charge is 0.161 e. The summed E-state index contributed by atoms with van der Waals surface area (Å²) in [6.07, 6.45) is 0.0385. The van der Waals surface area contributed by atoms with Crippen molar-refractivity contribution in [2.24, 2.45) is 0 Å². The average Bonchev–Trinajstić information content (AvgIpc) is 2.70. The average molecular weight is 405 g/mol. The molecule has 6 heteroatoms. The summed E-state index contributed by atoms with van der Waals surface area (Å²) >= 11 is 0. The Morgan fingerprint density at radius 2 is 1.90 bits per heavy atom. The normalized spacial score (nSPS) is 12.4. The summed E-state index contributed by atoms with van der Waals surface area (Å²) in [5.74, 6) is 1.06. The summed E-state index contributed by atoms with van der Waals surface area (Å²) in [5, 5.41) is 13.5. The number of ether oxygens (including phenoxy) is 2. The van der Waals surface area contributed by atoms with Crippen molar-refractivity contribution in [1.82, 2.24) is 10.2 Å². The Kier molecular flexibility index (Phi) is 9.38. The van der Waals surface area contributed by atoms with Crippen LogP contribution in [0.3, 0.4) is 0 Å². The standard InChI is InChI=1S/C23H33FN2O3/c1-17(2)26(3)15-20(27)16-29-23-13-18(9-10-22(23)28-4)14-25-12-11-19-7-5-6-8-21(19)24/h5-10,13,17,20,25,27H,11-12,14-16H2,1-4H3/t20-/m1/s1. The topological polar surface area (TPSA) is 54.0 Å². The van der Waals surface area contributed by atoms with Gasteiger partial charge >= 0.3 is 0 Å². The monoisotopic (exact) mass is 404 g/mol. The van der Waals surface area contributed by atoms with Crippen molar-refractivity contribution in [1.29, 1.82) is 0 Å². The molecule has 0 radical (unpaired) electrons. The van der Waals surface area contributed by atoms with Gasteiger partial charge in [-0.3, -0.25) is 0 Å². The van der Waals surface area contributed by atoms with Gasteiger partial charge in [0.05, 0.1) is 7.11 Å². The minimum Gasteiger partial charge on any atom is -0.493 e. The minimum atomic E-state index is -0.588. The second-order valence-electron chi connectivity index (χ2n) is 7.50. The highest BCUT2D eigenvalue weighted by molar-refractivity contribution is 5.43. The van der Waals surface area contributed by atoms with Crippen molar-refractivity contribution in [2.45, 2.75) is 39.0 Å². The van der Waals surface area contributed by atoms with Crippen LogP contribution < -0.4 is 14.8 Å². The van der Waals surface area contributed by atoms with Crippen molar-refractivity contribution in [3.05, 3.63) is 59.4 Å². The predicted molar refractivity (Wildman–Crippen MR) is 114 cm³/mol. The third kappa shape index (κ3) is 7.65. The van der Waals surface area contributed by atoms with E-state index in [-0.39, 0.29) is 12.4 Å². The molecule has 5 nitrogen and oxygen atoms in total. The Morgan fingerprint density at radius 1 is 1.14 bits per heavy atom. The van der Waals surface area contributed by atoms with Crippen LogP contribution >= 0.6 is 0 Å². The maximum Gasteiger partial charge on any atom is 0.161 e. The molecule has 1 atom stereocenters. The van der Waals surface area contributed by atoms with Gasteiger partial charge in [-0.05, 0) is 63.2 Å². The molecule has 2 aromatic carbocycles. The molecule has 0 aliphatic heterocycles. The molecule has 0 aliphatic rings. The Balaban J connectivity index is 1.86. The predicted octanol–water partition coefficient (Wildman–Crippen LogP) is 3.25. The lowest BCUT2D eigenvalue weighted by atomic mass is 10.1. The lowest BCUT2D eigenvalue weighted by Gasteiger charge is -2.24. The molecular weight excluding hydrogens is 371 g/mol. The van der Waals surface area contributed by atoms with Gasteiger partial charge in [-0.25, -0.2) is 4.39 Å². The second kappa shape index (κ2) is 11.8. The van der Waals surface area contributed by atoms with Crippen LogP contribution in [0, 0.1) is 5.82 Å². The largest absolute Gasteiger partial charge is 0.493 e. The van der Waals surface area contributed by atoms with Gasteiger partial charge in [-0.2, -0.15) is 0 Å². The summed E-state index contributed by atoms with van der Waals surface area (Å²) in [4.78, 5) is 2.07. The first-order chi connectivity index (χ1) is 13.9. The van der Waals surface area contributed by atoms with Crippen molar-refractivity contribution in [2.75, 3.05) is 33.9 Å². The third-order valence-corrected chi connectivity index (χ3v) is 4.90. The highest BCUT2D eigenvalue weighted by Gasteiger charge is 2.13. The van der Waals surface area contributed by atoms with Gasteiger partial charge in [0.15, 0.2) is 11.5 Å². The number of aliphatic hydroxyl groups is 1. The van der Waals surface area contributed by atoms with E-state index in [0.717, 1.165) is 5.56 Å². The summed E-state index contributed by atoms with van der Waals surface area (Å²) < 4.78 is 24.9. The van der Waals surface area contributed by atoms with E-state index in [4.69, 9.17) is 9.47 Å². The summed E-state index contributed by atoms with van der Waals surface area (Å²) in [5.41, 5.74) is 1.74. The molecule has 0 saturated heterocycles. The molecule has 29 heavy (non-hydrogen) atoms. The van der Waals surface area contributed by atoms with E-state index in [1.165, 1.54) is 6.07 Å². The van der Waals surface area contributed by atoms with Crippen LogP contribution in [0.4, 0.5) is 4.39 Å². The summed E-state index contributed by atoms with van der Waals surface area (Å²) in [7, 11) is 3.57. The molecule has 0 aliphatic carbocycles. The number of methoxy groups -OCH3 is 1. The number of benzene rings is 2. The maximum absolute atomic E-state index is 13.7. The Morgan fingerprint density at radius 3 is 2.59 bits per heavy atom. The fraction of sp³-hybridized carbons (Fsp3) is 0.478. The maximum atomic E-state index is 13.7. The van der Waals surface area contributed by atoms with E-state index in [2.05, 4.69) is 24.1 Å². The summed E-state index contributed by atoms with van der Waals surface area (Å²) in [6.45, 7) is 6.20. The van der Waals surface area contributed by atoms with Crippen molar-refractivity contribution < 1.29 is 19.0 Å². The van der Waals surface area contributed by atoms with Crippen molar-refractivity contribution in [3.8, 4) is 11.5 Å². The van der Waals surface area contributed by atoms with Crippen LogP contribution in [-0.2, 0) is 13.0 Å². The Bertz CT molecular complexity index is 755. The highest BCUT2D eigenvalue weighted by atomic mass is 19.1. The molecule has 0 fully saturated rings. The molecule has 0 bridgehead atoms. The first kappa shape index (κ1) is 23.1. The zero-order valence-electron chi connectivity index (χ0n) is 17.8. The molecule has 0 spiro atoms. The lowest BCUT2D eigenvalue weighted by Crippen LogP contribution is -2.37. The fourth-order valence-corrected chi connectivity index (χ4v) is 2.88. The Labute approximate surface area is 173 Å². The first-order valence-corrected chi connectivity index (χ1v) is 10.0. The van der Waals surface area contributed by atoms with Gasteiger partial charge in [0.1, 0.15) is 18.5 Å². The highest BCUT2D eigenvalue weighted by Crippen LogP contribution is 2.28. The molecule has 0 saturated carbocycles. The van der Waals surface area contributed by atoms with Crippen LogP contribution in [0.2, 0.25) is 0 Å². The molecular formula is C23H33FN2O3. The number of nitrogens with one attached hydrogen (secondary N) is 1. The number of halogens is 1. The number of likely N-dealkylation sites (N-methyl/N-ethyl adjacent to an activating group) is 1. The number of aliphatic hydroxyl groups excluding tert-OH is 1. The van der Waals surface area contributed by atoms with Crippen LogP contribution in [-0.4, -0.2) is 56.0 Å². The molecule has 0 amide bonds. The molecule has 2 N–H and O–H groups in total. The van der Waals surface area contributed by atoms with Gasteiger partial charge in [0.2, 0.25) is 0 Å². The number of hydrogen-bond acceptors (Lipinski definition) is 5. The molecule has 0 unspecified atom stereocenters. The zero-order valence-corrected chi connectivity index (χ0v) is 17.8. The molecule has 0 heterocycles. The van der Waals surface area contributed by atoms with Gasteiger partial charge in [-0.1, -0.05) is 24.3 Å². The van der Waals surface area contributed by atoms with Crippen LogP contribution in [0.1, 0.15) is 25.0 Å². The first-order valence-electron chi connectivity index (χ1n) is 10.0. The van der Waals surface area contributed by atoms with Crippen molar-refractivity contribution in [3.63, 3.8) is 0 Å². The van der Waals surface area contributed by atoms with Gasteiger partial charge < -0.3 is 24.8 Å². The number of hydrogen-bond donors (Lipinski definition) is 2. The quantitative estimate of drug-likeness (QED) is 0.532.